The van der Waals surface area contributed by atoms with E-state index in [4.69, 9.17) is 10.5 Å². The van der Waals surface area contributed by atoms with E-state index in [1.165, 1.54) is 0 Å². The van der Waals surface area contributed by atoms with Crippen molar-refractivity contribution in [3.05, 3.63) is 34.8 Å². The molecule has 0 saturated heterocycles. The molecule has 2 rings (SSSR count). The average Bonchev–Trinajstić information content (AvgIpc) is 2.23. The maximum atomic E-state index is 11.6. The van der Waals surface area contributed by atoms with Gasteiger partial charge in [-0.15, -0.1) is 0 Å². The molecule has 2 heterocycles. The van der Waals surface area contributed by atoms with Gasteiger partial charge in [-0.1, -0.05) is 0 Å². The van der Waals surface area contributed by atoms with Crippen molar-refractivity contribution in [1.29, 1.82) is 0 Å². The molecule has 0 bridgehead atoms. The van der Waals surface area contributed by atoms with Crippen molar-refractivity contribution in [2.24, 2.45) is 0 Å². The van der Waals surface area contributed by atoms with E-state index in [1.54, 1.807) is 22.9 Å². The molecule has 0 amide bonds. The number of hydrogen-bond acceptors (Lipinski definition) is 3. The second-order valence-electron chi connectivity index (χ2n) is 3.16. The average molecular weight is 192 g/mol. The SMILES string of the molecule is Nc1cccn(C2=CCOCC2)c1=O. The molecule has 0 saturated carbocycles. The maximum absolute atomic E-state index is 11.6. The lowest BCUT2D eigenvalue weighted by Crippen LogP contribution is -2.23. The van der Waals surface area contributed by atoms with Crippen LogP contribution in [0.4, 0.5) is 5.69 Å². The van der Waals surface area contributed by atoms with E-state index < -0.39 is 0 Å². The summed E-state index contributed by atoms with van der Waals surface area (Å²) in [6, 6.07) is 3.38. The molecule has 2 N–H and O–H groups in total. The lowest BCUT2D eigenvalue weighted by atomic mass is 10.2. The number of nitrogens with zero attached hydrogens (tertiary/aromatic N) is 1. The lowest BCUT2D eigenvalue weighted by Gasteiger charge is -2.15. The van der Waals surface area contributed by atoms with Crippen LogP contribution in [-0.4, -0.2) is 17.8 Å². The van der Waals surface area contributed by atoms with Crippen LogP contribution in [0.15, 0.2) is 29.2 Å². The van der Waals surface area contributed by atoms with Crippen LogP contribution >= 0.6 is 0 Å². The molecule has 1 aliphatic heterocycles. The van der Waals surface area contributed by atoms with Crippen molar-refractivity contribution in [3.63, 3.8) is 0 Å². The Morgan fingerprint density at radius 1 is 1.50 bits per heavy atom. The first-order valence-corrected chi connectivity index (χ1v) is 4.53. The number of hydrogen-bond donors (Lipinski definition) is 1. The summed E-state index contributed by atoms with van der Waals surface area (Å²) in [7, 11) is 0. The Morgan fingerprint density at radius 2 is 2.36 bits per heavy atom. The van der Waals surface area contributed by atoms with Gasteiger partial charge in [-0.3, -0.25) is 9.36 Å². The first-order valence-electron chi connectivity index (χ1n) is 4.53. The molecule has 0 unspecified atom stereocenters. The Balaban J connectivity index is 2.46. The van der Waals surface area contributed by atoms with E-state index in [-0.39, 0.29) is 11.2 Å². The number of anilines is 1. The summed E-state index contributed by atoms with van der Waals surface area (Å²) in [5.41, 5.74) is 6.63. The second kappa shape index (κ2) is 3.67. The molecule has 1 aromatic heterocycles. The number of pyridine rings is 1. The van der Waals surface area contributed by atoms with Crippen molar-refractivity contribution in [1.82, 2.24) is 4.57 Å². The summed E-state index contributed by atoms with van der Waals surface area (Å²) in [5.74, 6) is 0. The number of aromatic nitrogens is 1. The summed E-state index contributed by atoms with van der Waals surface area (Å²) in [4.78, 5) is 11.6. The van der Waals surface area contributed by atoms with Gasteiger partial charge in [-0.2, -0.15) is 0 Å². The molecule has 1 aliphatic rings. The van der Waals surface area contributed by atoms with Crippen LogP contribution in [0.2, 0.25) is 0 Å². The highest BCUT2D eigenvalue weighted by atomic mass is 16.5. The molecule has 0 aliphatic carbocycles. The fraction of sp³-hybridized carbons (Fsp3) is 0.300. The van der Waals surface area contributed by atoms with Crippen LogP contribution < -0.4 is 11.3 Å². The van der Waals surface area contributed by atoms with Gasteiger partial charge in [-0.25, -0.2) is 0 Å². The fourth-order valence-electron chi connectivity index (χ4n) is 1.47. The molecule has 0 fully saturated rings. The van der Waals surface area contributed by atoms with Crippen LogP contribution in [0.5, 0.6) is 0 Å². The largest absolute Gasteiger partial charge is 0.394 e. The van der Waals surface area contributed by atoms with E-state index in [0.717, 1.165) is 12.1 Å². The fourth-order valence-corrected chi connectivity index (χ4v) is 1.47. The third-order valence-corrected chi connectivity index (χ3v) is 2.23. The van der Waals surface area contributed by atoms with Crippen LogP contribution in [0.25, 0.3) is 5.70 Å². The van der Waals surface area contributed by atoms with Crippen LogP contribution in [0, 0.1) is 0 Å². The summed E-state index contributed by atoms with van der Waals surface area (Å²) in [5, 5.41) is 0. The zero-order valence-electron chi connectivity index (χ0n) is 7.77. The van der Waals surface area contributed by atoms with E-state index >= 15 is 0 Å². The minimum atomic E-state index is -0.152. The molecule has 0 spiro atoms. The van der Waals surface area contributed by atoms with Gasteiger partial charge in [0.15, 0.2) is 0 Å². The maximum Gasteiger partial charge on any atom is 0.277 e. The van der Waals surface area contributed by atoms with E-state index in [9.17, 15) is 4.79 Å². The van der Waals surface area contributed by atoms with Gasteiger partial charge in [0.05, 0.1) is 18.9 Å². The first-order chi connectivity index (χ1) is 6.79. The Labute approximate surface area is 81.6 Å². The molecule has 74 valence electrons. The molecule has 0 aromatic carbocycles. The molecule has 14 heavy (non-hydrogen) atoms. The molecule has 0 atom stereocenters. The van der Waals surface area contributed by atoms with Gasteiger partial charge < -0.3 is 10.5 Å². The van der Waals surface area contributed by atoms with Gasteiger partial charge >= 0.3 is 0 Å². The van der Waals surface area contributed by atoms with Gasteiger partial charge in [0, 0.05) is 18.3 Å². The van der Waals surface area contributed by atoms with Crippen LogP contribution in [-0.2, 0) is 4.74 Å². The second-order valence-corrected chi connectivity index (χ2v) is 3.16. The summed E-state index contributed by atoms with van der Waals surface area (Å²) in [6.45, 7) is 1.23. The summed E-state index contributed by atoms with van der Waals surface area (Å²) in [6.07, 6.45) is 4.39. The third-order valence-electron chi connectivity index (χ3n) is 2.23. The number of rotatable bonds is 1. The van der Waals surface area contributed by atoms with Crippen molar-refractivity contribution >= 4 is 11.4 Å². The standard InChI is InChI=1S/C10H12N2O2/c11-9-2-1-5-12(10(9)13)8-3-6-14-7-4-8/h1-3,5H,4,6-7,11H2. The van der Waals surface area contributed by atoms with Crippen molar-refractivity contribution in [3.8, 4) is 0 Å². The lowest BCUT2D eigenvalue weighted by molar-refractivity contribution is 0.159. The Kier molecular flexibility index (Phi) is 2.37. The smallest absolute Gasteiger partial charge is 0.277 e. The van der Waals surface area contributed by atoms with Gasteiger partial charge in [0.1, 0.15) is 0 Å². The van der Waals surface area contributed by atoms with E-state index in [0.29, 0.717) is 13.2 Å². The normalized spacial score (nSPS) is 16.4. The predicted molar refractivity (Wildman–Crippen MR) is 54.8 cm³/mol. The monoisotopic (exact) mass is 192 g/mol. The van der Waals surface area contributed by atoms with Crippen LogP contribution in [0.1, 0.15) is 6.42 Å². The highest BCUT2D eigenvalue weighted by molar-refractivity contribution is 5.49. The minimum Gasteiger partial charge on any atom is -0.394 e. The van der Waals surface area contributed by atoms with Gasteiger partial charge in [0.25, 0.3) is 5.56 Å². The molecular formula is C10H12N2O2. The molecular weight excluding hydrogens is 180 g/mol. The quantitative estimate of drug-likeness (QED) is 0.712. The topological polar surface area (TPSA) is 57.2 Å². The predicted octanol–water partition coefficient (Wildman–Crippen LogP) is 0.692. The highest BCUT2D eigenvalue weighted by Gasteiger charge is 2.07. The van der Waals surface area contributed by atoms with Gasteiger partial charge in [0.2, 0.25) is 0 Å². The summed E-state index contributed by atoms with van der Waals surface area (Å²) < 4.78 is 6.75. The van der Waals surface area contributed by atoms with E-state index in [2.05, 4.69) is 0 Å². The number of nitrogen functional groups attached to an aromatic ring is 1. The van der Waals surface area contributed by atoms with Crippen LogP contribution in [0.3, 0.4) is 0 Å². The number of ether oxygens (including phenoxy) is 1. The highest BCUT2D eigenvalue weighted by Crippen LogP contribution is 2.11. The van der Waals surface area contributed by atoms with Crippen molar-refractivity contribution in [2.45, 2.75) is 6.42 Å². The first kappa shape index (κ1) is 9.02. The Morgan fingerprint density at radius 3 is 3.07 bits per heavy atom. The molecule has 0 radical (unpaired) electrons. The zero-order valence-corrected chi connectivity index (χ0v) is 7.77. The Bertz CT molecular complexity index is 420. The van der Waals surface area contributed by atoms with Crippen molar-refractivity contribution in [2.75, 3.05) is 18.9 Å². The van der Waals surface area contributed by atoms with E-state index in [1.807, 2.05) is 6.08 Å². The Hall–Kier alpha value is -1.55. The van der Waals surface area contributed by atoms with Crippen molar-refractivity contribution < 1.29 is 4.74 Å². The van der Waals surface area contributed by atoms with Gasteiger partial charge in [-0.05, 0) is 18.2 Å². The molecule has 1 aromatic rings. The number of nitrogens with two attached hydrogens (primary N) is 1. The zero-order chi connectivity index (χ0) is 9.97. The third kappa shape index (κ3) is 1.56. The molecule has 4 heteroatoms. The molecule has 4 nitrogen and oxygen atoms in total. The summed E-state index contributed by atoms with van der Waals surface area (Å²) >= 11 is 0. The minimum absolute atomic E-state index is 0.152.